The summed E-state index contributed by atoms with van der Waals surface area (Å²) in [6, 6.07) is 16.1. The van der Waals surface area contributed by atoms with E-state index in [0.29, 0.717) is 57.4 Å². The van der Waals surface area contributed by atoms with E-state index in [1.807, 2.05) is 47.1 Å². The molecule has 0 saturated carbocycles. The van der Waals surface area contributed by atoms with Gasteiger partial charge in [0.15, 0.2) is 6.10 Å². The van der Waals surface area contributed by atoms with Gasteiger partial charge in [0.1, 0.15) is 5.75 Å². The van der Waals surface area contributed by atoms with Crippen molar-refractivity contribution < 1.29 is 19.1 Å². The lowest BCUT2D eigenvalue weighted by atomic mass is 9.87. The smallest absolute Gasteiger partial charge is 0.263 e. The maximum absolute atomic E-state index is 13.2. The van der Waals surface area contributed by atoms with Crippen LogP contribution in [0.2, 0.25) is 0 Å². The van der Waals surface area contributed by atoms with Gasteiger partial charge in [0.05, 0.1) is 19.3 Å². The average Bonchev–Trinajstić information content (AvgIpc) is 2.86. The number of amides is 2. The molecule has 6 nitrogen and oxygen atoms in total. The summed E-state index contributed by atoms with van der Waals surface area (Å²) in [6.45, 7) is 9.18. The minimum atomic E-state index is -0.534. The van der Waals surface area contributed by atoms with Crippen LogP contribution in [0.4, 0.5) is 0 Å². The summed E-state index contributed by atoms with van der Waals surface area (Å²) in [6.07, 6.45) is 1.40. The Labute approximate surface area is 202 Å². The molecule has 34 heavy (non-hydrogen) atoms. The number of ether oxygens (including phenoxy) is 2. The highest BCUT2D eigenvalue weighted by Crippen LogP contribution is 2.38. The molecule has 2 atom stereocenters. The molecule has 0 N–H and O–H groups in total. The molecule has 182 valence electrons. The van der Waals surface area contributed by atoms with Gasteiger partial charge in [-0.3, -0.25) is 9.59 Å². The zero-order valence-corrected chi connectivity index (χ0v) is 20.5. The van der Waals surface area contributed by atoms with Crippen molar-refractivity contribution in [2.75, 3.05) is 32.8 Å². The van der Waals surface area contributed by atoms with Crippen molar-refractivity contribution in [2.45, 2.75) is 52.2 Å². The lowest BCUT2D eigenvalue weighted by molar-refractivity contribution is -0.143. The first kappa shape index (κ1) is 24.3. The number of hydrogen-bond acceptors (Lipinski definition) is 4. The maximum atomic E-state index is 13.2. The van der Waals surface area contributed by atoms with Crippen LogP contribution in [-0.2, 0) is 20.7 Å². The van der Waals surface area contributed by atoms with Gasteiger partial charge < -0.3 is 19.3 Å². The second-order valence-corrected chi connectivity index (χ2v) is 9.56. The first-order valence-electron chi connectivity index (χ1n) is 12.5. The summed E-state index contributed by atoms with van der Waals surface area (Å²) in [5.41, 5.74) is 3.40. The van der Waals surface area contributed by atoms with Gasteiger partial charge in [0, 0.05) is 26.1 Å². The third-order valence-electron chi connectivity index (χ3n) is 6.61. The molecular formula is C28H36N2O4. The first-order valence-corrected chi connectivity index (χ1v) is 12.5. The number of carbonyl (C=O) groups excluding carboxylic acids is 2. The van der Waals surface area contributed by atoms with E-state index in [9.17, 15) is 9.59 Å². The molecule has 4 rings (SSSR count). The van der Waals surface area contributed by atoms with Gasteiger partial charge in [-0.2, -0.15) is 0 Å². The Morgan fingerprint density at radius 2 is 1.79 bits per heavy atom. The van der Waals surface area contributed by atoms with E-state index in [1.165, 1.54) is 5.56 Å². The van der Waals surface area contributed by atoms with Gasteiger partial charge in [0.25, 0.3) is 5.91 Å². The Balaban J connectivity index is 1.63. The summed E-state index contributed by atoms with van der Waals surface area (Å²) in [5.74, 6) is 1.16. The van der Waals surface area contributed by atoms with E-state index in [1.54, 1.807) is 0 Å². The number of hydrogen-bond donors (Lipinski definition) is 0. The average molecular weight is 465 g/mol. The van der Waals surface area contributed by atoms with Crippen LogP contribution in [0.3, 0.4) is 0 Å². The SMILES string of the molecule is CC[C@H](Oc1ccc2c(c1)[C@@H](c1ccccc1)N(C(=O)CC(C)C)CC2)C(=O)N1CCOCC1. The Morgan fingerprint density at radius 3 is 2.47 bits per heavy atom. The van der Waals surface area contributed by atoms with Crippen LogP contribution in [0, 0.1) is 5.92 Å². The van der Waals surface area contributed by atoms with Crippen molar-refractivity contribution in [3.05, 3.63) is 65.2 Å². The normalized spacial score (nSPS) is 19.0. The third kappa shape index (κ3) is 5.44. The predicted octanol–water partition coefficient (Wildman–Crippen LogP) is 4.22. The Kier molecular flexibility index (Phi) is 7.88. The van der Waals surface area contributed by atoms with Gasteiger partial charge in [0.2, 0.25) is 5.91 Å². The molecule has 2 aromatic rings. The molecular weight excluding hydrogens is 428 g/mol. The number of fused-ring (bicyclic) bond motifs is 1. The van der Waals surface area contributed by atoms with Crippen molar-refractivity contribution in [2.24, 2.45) is 5.92 Å². The van der Waals surface area contributed by atoms with Crippen LogP contribution in [0.1, 0.15) is 56.3 Å². The van der Waals surface area contributed by atoms with Crippen LogP contribution >= 0.6 is 0 Å². The summed E-state index contributed by atoms with van der Waals surface area (Å²) in [5, 5.41) is 0. The fourth-order valence-corrected chi connectivity index (χ4v) is 4.86. The molecule has 2 aromatic carbocycles. The Hall–Kier alpha value is -2.86. The van der Waals surface area contributed by atoms with Gasteiger partial charge >= 0.3 is 0 Å². The molecule has 1 saturated heterocycles. The lowest BCUT2D eigenvalue weighted by Crippen LogP contribution is -2.47. The van der Waals surface area contributed by atoms with Gasteiger partial charge in [-0.1, -0.05) is 57.2 Å². The van der Waals surface area contributed by atoms with Crippen LogP contribution < -0.4 is 4.74 Å². The summed E-state index contributed by atoms with van der Waals surface area (Å²) in [4.78, 5) is 30.1. The van der Waals surface area contributed by atoms with Crippen LogP contribution in [0.15, 0.2) is 48.5 Å². The number of nitrogens with zero attached hydrogens (tertiary/aromatic N) is 2. The summed E-state index contributed by atoms with van der Waals surface area (Å²) >= 11 is 0. The van der Waals surface area contributed by atoms with Crippen molar-refractivity contribution in [3.8, 4) is 5.75 Å². The molecule has 2 amide bonds. The van der Waals surface area contributed by atoms with Crippen LogP contribution in [0.25, 0.3) is 0 Å². The molecule has 0 radical (unpaired) electrons. The maximum Gasteiger partial charge on any atom is 0.263 e. The molecule has 0 unspecified atom stereocenters. The van der Waals surface area contributed by atoms with E-state index >= 15 is 0 Å². The highest BCUT2D eigenvalue weighted by atomic mass is 16.5. The standard InChI is InChI=1S/C28H36N2O4/c1-4-25(28(32)29-14-16-33-17-15-29)34-23-11-10-21-12-13-30(26(31)18-20(2)3)27(24(21)19-23)22-8-6-5-7-9-22/h5-11,19-20,25,27H,4,12-18H2,1-3H3/t25-,27+/m0/s1. The fourth-order valence-electron chi connectivity index (χ4n) is 4.86. The van der Waals surface area contributed by atoms with E-state index in [2.05, 4.69) is 32.0 Å². The van der Waals surface area contributed by atoms with Crippen LogP contribution in [0.5, 0.6) is 5.75 Å². The van der Waals surface area contributed by atoms with Crippen LogP contribution in [-0.4, -0.2) is 60.6 Å². The molecule has 6 heteroatoms. The highest BCUT2D eigenvalue weighted by molar-refractivity contribution is 5.81. The molecule has 0 bridgehead atoms. The number of benzene rings is 2. The molecule has 0 spiro atoms. The topological polar surface area (TPSA) is 59.1 Å². The van der Waals surface area contributed by atoms with E-state index in [-0.39, 0.29) is 17.9 Å². The quantitative estimate of drug-likeness (QED) is 0.616. The fraction of sp³-hybridized carbons (Fsp3) is 0.500. The lowest BCUT2D eigenvalue weighted by Gasteiger charge is -2.38. The second kappa shape index (κ2) is 11.0. The molecule has 0 aliphatic carbocycles. The largest absolute Gasteiger partial charge is 0.481 e. The number of rotatable bonds is 7. The molecule has 2 aliphatic rings. The Bertz CT molecular complexity index is 985. The van der Waals surface area contributed by atoms with Gasteiger partial charge in [-0.15, -0.1) is 0 Å². The minimum absolute atomic E-state index is 0.0110. The predicted molar refractivity (Wildman–Crippen MR) is 132 cm³/mol. The molecule has 2 aliphatic heterocycles. The summed E-state index contributed by atoms with van der Waals surface area (Å²) in [7, 11) is 0. The molecule has 2 heterocycles. The van der Waals surface area contributed by atoms with E-state index < -0.39 is 6.10 Å². The number of morpholine rings is 1. The summed E-state index contributed by atoms with van der Waals surface area (Å²) < 4.78 is 11.6. The van der Waals surface area contributed by atoms with Crippen molar-refractivity contribution in [1.29, 1.82) is 0 Å². The second-order valence-electron chi connectivity index (χ2n) is 9.56. The zero-order chi connectivity index (χ0) is 24.1. The highest BCUT2D eigenvalue weighted by Gasteiger charge is 2.33. The van der Waals surface area contributed by atoms with Gasteiger partial charge in [-0.05, 0) is 47.6 Å². The zero-order valence-electron chi connectivity index (χ0n) is 20.5. The van der Waals surface area contributed by atoms with Gasteiger partial charge in [-0.25, -0.2) is 0 Å². The molecule has 0 aromatic heterocycles. The number of carbonyl (C=O) groups is 2. The monoisotopic (exact) mass is 464 g/mol. The molecule has 1 fully saturated rings. The Morgan fingerprint density at radius 1 is 1.06 bits per heavy atom. The third-order valence-corrected chi connectivity index (χ3v) is 6.61. The van der Waals surface area contributed by atoms with Crippen molar-refractivity contribution in [1.82, 2.24) is 9.80 Å². The first-order chi connectivity index (χ1) is 16.5. The van der Waals surface area contributed by atoms with Crippen molar-refractivity contribution >= 4 is 11.8 Å². The minimum Gasteiger partial charge on any atom is -0.481 e. The van der Waals surface area contributed by atoms with E-state index in [4.69, 9.17) is 9.47 Å². The van der Waals surface area contributed by atoms with Crippen molar-refractivity contribution in [3.63, 3.8) is 0 Å². The van der Waals surface area contributed by atoms with E-state index in [0.717, 1.165) is 17.5 Å².